The number of hydrogen-bond donors (Lipinski definition) is 1. The van der Waals surface area contributed by atoms with E-state index in [2.05, 4.69) is 75.6 Å². The molecular weight excluding hydrogens is 325 g/mol. The van der Waals surface area contributed by atoms with Crippen LogP contribution in [0.25, 0.3) is 5.69 Å². The van der Waals surface area contributed by atoms with Crippen LogP contribution in [0.1, 0.15) is 13.8 Å². The van der Waals surface area contributed by atoms with E-state index in [1.54, 1.807) is 0 Å². The van der Waals surface area contributed by atoms with Gasteiger partial charge < -0.3 is 5.32 Å². The third-order valence-electron chi connectivity index (χ3n) is 2.41. The molecule has 17 heavy (non-hydrogen) atoms. The zero-order chi connectivity index (χ0) is 12.3. The van der Waals surface area contributed by atoms with Gasteiger partial charge in [-0.25, -0.2) is 4.98 Å². The molecule has 1 aromatic carbocycles. The Morgan fingerprint density at radius 3 is 2.65 bits per heavy atom. The van der Waals surface area contributed by atoms with Crippen LogP contribution in [0.4, 0.5) is 5.95 Å². The lowest BCUT2D eigenvalue weighted by Crippen LogP contribution is -2.11. The summed E-state index contributed by atoms with van der Waals surface area (Å²) in [5, 5.41) is 3.36. The Bertz CT molecular complexity index is 474. The van der Waals surface area contributed by atoms with E-state index in [0.29, 0.717) is 5.92 Å². The van der Waals surface area contributed by atoms with Crippen LogP contribution in [-0.2, 0) is 0 Å². The third-order valence-corrected chi connectivity index (χ3v) is 3.13. The lowest BCUT2D eigenvalue weighted by molar-refractivity contribution is 0.683. The Labute approximate surface area is 115 Å². The maximum absolute atomic E-state index is 4.34. The smallest absolute Gasteiger partial charge is 0.207 e. The summed E-state index contributed by atoms with van der Waals surface area (Å²) in [7, 11) is 0. The highest BCUT2D eigenvalue weighted by molar-refractivity contribution is 14.1. The average molecular weight is 341 g/mol. The van der Waals surface area contributed by atoms with Crippen LogP contribution in [0.15, 0.2) is 36.7 Å². The lowest BCUT2D eigenvalue weighted by atomic mass is 10.2. The highest BCUT2D eigenvalue weighted by Crippen LogP contribution is 2.16. The normalized spacial score (nSPS) is 10.8. The van der Waals surface area contributed by atoms with Crippen molar-refractivity contribution in [3.05, 3.63) is 40.2 Å². The predicted molar refractivity (Wildman–Crippen MR) is 79.6 cm³/mol. The van der Waals surface area contributed by atoms with Crippen LogP contribution < -0.4 is 5.32 Å². The molecule has 4 heteroatoms. The molecule has 0 saturated carbocycles. The first-order valence-corrected chi connectivity index (χ1v) is 6.78. The van der Waals surface area contributed by atoms with E-state index in [9.17, 15) is 0 Å². The van der Waals surface area contributed by atoms with E-state index in [4.69, 9.17) is 0 Å². The van der Waals surface area contributed by atoms with Gasteiger partial charge in [0.05, 0.1) is 0 Å². The number of anilines is 1. The van der Waals surface area contributed by atoms with Gasteiger partial charge in [-0.1, -0.05) is 13.8 Å². The second-order valence-corrected chi connectivity index (χ2v) is 5.62. The Morgan fingerprint density at radius 1 is 1.29 bits per heavy atom. The SMILES string of the molecule is CC(C)CNc1nccn1-c1ccc(I)cc1. The molecule has 90 valence electrons. The summed E-state index contributed by atoms with van der Waals surface area (Å²) in [5.41, 5.74) is 1.13. The van der Waals surface area contributed by atoms with Crippen LogP contribution in [0.2, 0.25) is 0 Å². The fraction of sp³-hybridized carbons (Fsp3) is 0.308. The van der Waals surface area contributed by atoms with Gasteiger partial charge in [-0.05, 0) is 52.8 Å². The Kier molecular flexibility index (Phi) is 4.04. The van der Waals surface area contributed by atoms with E-state index in [0.717, 1.165) is 18.2 Å². The minimum absolute atomic E-state index is 0.608. The highest BCUT2D eigenvalue weighted by atomic mass is 127. The summed E-state index contributed by atoms with van der Waals surface area (Å²) in [6, 6.07) is 8.40. The highest BCUT2D eigenvalue weighted by Gasteiger charge is 2.04. The molecule has 0 unspecified atom stereocenters. The maximum Gasteiger partial charge on any atom is 0.207 e. The van der Waals surface area contributed by atoms with Gasteiger partial charge >= 0.3 is 0 Å². The van der Waals surface area contributed by atoms with Gasteiger partial charge in [0.25, 0.3) is 0 Å². The van der Waals surface area contributed by atoms with Crippen molar-refractivity contribution in [2.75, 3.05) is 11.9 Å². The number of hydrogen-bond acceptors (Lipinski definition) is 2. The second-order valence-electron chi connectivity index (χ2n) is 4.37. The van der Waals surface area contributed by atoms with E-state index in [1.165, 1.54) is 3.57 Å². The van der Waals surface area contributed by atoms with Crippen LogP contribution in [0, 0.1) is 9.49 Å². The molecule has 0 fully saturated rings. The number of imidazole rings is 1. The third kappa shape index (κ3) is 3.21. The molecule has 0 aliphatic rings. The van der Waals surface area contributed by atoms with E-state index in [1.807, 2.05) is 12.4 Å². The summed E-state index contributed by atoms with van der Waals surface area (Å²) in [6.45, 7) is 5.30. The molecule has 0 atom stereocenters. The van der Waals surface area contributed by atoms with Crippen LogP contribution in [-0.4, -0.2) is 16.1 Å². The summed E-state index contributed by atoms with van der Waals surface area (Å²) >= 11 is 2.31. The zero-order valence-corrected chi connectivity index (χ0v) is 12.2. The summed E-state index contributed by atoms with van der Waals surface area (Å²) in [6.07, 6.45) is 3.80. The first-order valence-electron chi connectivity index (χ1n) is 5.70. The quantitative estimate of drug-likeness (QED) is 0.862. The number of halogens is 1. The van der Waals surface area contributed by atoms with Crippen molar-refractivity contribution in [2.45, 2.75) is 13.8 Å². The van der Waals surface area contributed by atoms with Gasteiger partial charge in [-0.2, -0.15) is 0 Å². The predicted octanol–water partition coefficient (Wildman–Crippen LogP) is 3.54. The largest absolute Gasteiger partial charge is 0.355 e. The van der Waals surface area contributed by atoms with E-state index >= 15 is 0 Å². The van der Waals surface area contributed by atoms with Gasteiger partial charge in [0.15, 0.2) is 0 Å². The molecule has 0 aliphatic heterocycles. The van der Waals surface area contributed by atoms with Crippen molar-refractivity contribution < 1.29 is 0 Å². The van der Waals surface area contributed by atoms with Crippen LogP contribution >= 0.6 is 22.6 Å². The van der Waals surface area contributed by atoms with Gasteiger partial charge in [0.1, 0.15) is 0 Å². The van der Waals surface area contributed by atoms with E-state index in [-0.39, 0.29) is 0 Å². The summed E-state index contributed by atoms with van der Waals surface area (Å²) in [5.74, 6) is 1.51. The Hall–Kier alpha value is -1.04. The Balaban J connectivity index is 2.21. The molecule has 1 aromatic heterocycles. The second kappa shape index (κ2) is 5.53. The standard InChI is InChI=1S/C13H16IN3/c1-10(2)9-16-13-15-7-8-17(13)12-5-3-11(14)4-6-12/h3-8,10H,9H2,1-2H3,(H,15,16). The minimum atomic E-state index is 0.608. The molecule has 0 spiro atoms. The lowest BCUT2D eigenvalue weighted by Gasteiger charge is -2.11. The van der Waals surface area contributed by atoms with Gasteiger partial charge in [-0.3, -0.25) is 4.57 Å². The van der Waals surface area contributed by atoms with Crippen molar-refractivity contribution in [3.63, 3.8) is 0 Å². The van der Waals surface area contributed by atoms with Crippen LogP contribution in [0.5, 0.6) is 0 Å². The molecular formula is C13H16IN3. The van der Waals surface area contributed by atoms with Crippen molar-refractivity contribution >= 4 is 28.5 Å². The number of nitrogens with one attached hydrogen (secondary N) is 1. The molecule has 0 radical (unpaired) electrons. The number of rotatable bonds is 4. The molecule has 0 amide bonds. The van der Waals surface area contributed by atoms with Gasteiger partial charge in [-0.15, -0.1) is 0 Å². The fourth-order valence-corrected chi connectivity index (χ4v) is 1.90. The van der Waals surface area contributed by atoms with E-state index < -0.39 is 0 Å². The number of benzene rings is 1. The van der Waals surface area contributed by atoms with Crippen molar-refractivity contribution in [1.29, 1.82) is 0 Å². The number of aromatic nitrogens is 2. The monoisotopic (exact) mass is 341 g/mol. The summed E-state index contributed by atoms with van der Waals surface area (Å²) < 4.78 is 3.31. The zero-order valence-electron chi connectivity index (χ0n) is 10.0. The van der Waals surface area contributed by atoms with Crippen molar-refractivity contribution in [1.82, 2.24) is 9.55 Å². The van der Waals surface area contributed by atoms with Crippen molar-refractivity contribution in [3.8, 4) is 5.69 Å². The van der Waals surface area contributed by atoms with Gasteiger partial charge in [0, 0.05) is 28.2 Å². The molecule has 0 bridgehead atoms. The number of nitrogens with zero attached hydrogens (tertiary/aromatic N) is 2. The molecule has 1 heterocycles. The molecule has 2 aromatic rings. The van der Waals surface area contributed by atoms with Crippen LogP contribution in [0.3, 0.4) is 0 Å². The first kappa shape index (κ1) is 12.4. The topological polar surface area (TPSA) is 29.9 Å². The molecule has 2 rings (SSSR count). The fourth-order valence-electron chi connectivity index (χ4n) is 1.54. The average Bonchev–Trinajstić information content (AvgIpc) is 2.75. The molecule has 1 N–H and O–H groups in total. The Morgan fingerprint density at radius 2 is 2.00 bits per heavy atom. The maximum atomic E-state index is 4.34. The molecule has 0 saturated heterocycles. The van der Waals surface area contributed by atoms with Crippen molar-refractivity contribution in [2.24, 2.45) is 5.92 Å². The van der Waals surface area contributed by atoms with Gasteiger partial charge in [0.2, 0.25) is 5.95 Å². The minimum Gasteiger partial charge on any atom is -0.355 e. The summed E-state index contributed by atoms with van der Waals surface area (Å²) in [4.78, 5) is 4.34. The molecule has 3 nitrogen and oxygen atoms in total. The first-order chi connectivity index (χ1) is 8.16. The molecule has 0 aliphatic carbocycles.